The Morgan fingerprint density at radius 2 is 1.76 bits per heavy atom. The first-order chi connectivity index (χ1) is 11.5. The van der Waals surface area contributed by atoms with Crippen LogP contribution in [0.25, 0.3) is 0 Å². The van der Waals surface area contributed by atoms with E-state index in [1.54, 1.807) is 0 Å². The third-order valence-corrected chi connectivity index (χ3v) is 4.91. The van der Waals surface area contributed by atoms with E-state index >= 15 is 0 Å². The maximum absolute atomic E-state index is 13.0. The lowest BCUT2D eigenvalue weighted by Gasteiger charge is -2.30. The predicted octanol–water partition coefficient (Wildman–Crippen LogP) is 1.50. The summed E-state index contributed by atoms with van der Waals surface area (Å²) in [5, 5.41) is 20.7. The van der Waals surface area contributed by atoms with Gasteiger partial charge in [-0.05, 0) is 27.7 Å². The van der Waals surface area contributed by atoms with Gasteiger partial charge in [0.2, 0.25) is 0 Å². The SMILES string of the molecule is CC(=O)c1c(O)c(C)c(O)c2c1OC1=CC(=O)[C@@H](C(C)=O)C(=O)[C@]12C. The van der Waals surface area contributed by atoms with Gasteiger partial charge in [0, 0.05) is 11.6 Å². The fraction of sp³-hybridized carbons (Fsp3) is 0.333. The number of carbonyl (C=O) groups is 4. The first-order valence-electron chi connectivity index (χ1n) is 7.62. The quantitative estimate of drug-likeness (QED) is 0.616. The van der Waals surface area contributed by atoms with Gasteiger partial charge in [0.1, 0.15) is 45.7 Å². The first kappa shape index (κ1) is 16.9. The summed E-state index contributed by atoms with van der Waals surface area (Å²) < 4.78 is 5.56. The van der Waals surface area contributed by atoms with Crippen LogP contribution in [0, 0.1) is 12.8 Å². The molecule has 0 spiro atoms. The molecule has 3 rings (SSSR count). The van der Waals surface area contributed by atoms with Gasteiger partial charge in [-0.3, -0.25) is 19.2 Å². The topological polar surface area (TPSA) is 118 Å². The molecule has 0 amide bonds. The van der Waals surface area contributed by atoms with Crippen molar-refractivity contribution in [1.29, 1.82) is 0 Å². The minimum atomic E-state index is -1.59. The molecule has 1 aromatic carbocycles. The van der Waals surface area contributed by atoms with Crippen LogP contribution in [0.1, 0.15) is 42.3 Å². The average molecular weight is 344 g/mol. The van der Waals surface area contributed by atoms with E-state index in [0.29, 0.717) is 0 Å². The molecule has 0 radical (unpaired) electrons. The number of benzene rings is 1. The van der Waals surface area contributed by atoms with E-state index in [9.17, 15) is 29.4 Å². The van der Waals surface area contributed by atoms with Crippen LogP contribution in [0.15, 0.2) is 11.8 Å². The monoisotopic (exact) mass is 344 g/mol. The molecule has 0 saturated heterocycles. The van der Waals surface area contributed by atoms with E-state index in [2.05, 4.69) is 0 Å². The molecule has 7 nitrogen and oxygen atoms in total. The Hall–Kier alpha value is -2.96. The second-order valence-corrected chi connectivity index (χ2v) is 6.50. The zero-order valence-corrected chi connectivity index (χ0v) is 14.1. The van der Waals surface area contributed by atoms with E-state index in [1.807, 2.05) is 0 Å². The highest BCUT2D eigenvalue weighted by atomic mass is 16.5. The van der Waals surface area contributed by atoms with Crippen molar-refractivity contribution in [2.75, 3.05) is 0 Å². The number of carbonyl (C=O) groups excluding carboxylic acids is 4. The maximum Gasteiger partial charge on any atom is 0.177 e. The lowest BCUT2D eigenvalue weighted by molar-refractivity contribution is -0.140. The Morgan fingerprint density at radius 3 is 2.28 bits per heavy atom. The van der Waals surface area contributed by atoms with Gasteiger partial charge in [0.25, 0.3) is 0 Å². The fourth-order valence-corrected chi connectivity index (χ4v) is 3.49. The minimum Gasteiger partial charge on any atom is -0.507 e. The van der Waals surface area contributed by atoms with Crippen molar-refractivity contribution in [2.45, 2.75) is 33.1 Å². The van der Waals surface area contributed by atoms with Crippen LogP contribution in [0.3, 0.4) is 0 Å². The van der Waals surface area contributed by atoms with E-state index in [1.165, 1.54) is 20.8 Å². The minimum absolute atomic E-state index is 0.0111. The van der Waals surface area contributed by atoms with Crippen LogP contribution < -0.4 is 4.74 Å². The van der Waals surface area contributed by atoms with Crippen LogP contribution in [0.5, 0.6) is 17.2 Å². The number of phenolic OH excluding ortho intramolecular Hbond substituents is 2. The standard InChI is InChI=1S/C18H16O7/c1-6-14(22)12(8(3)20)16-13(15(6)23)18(4)10(25-16)5-9(21)11(7(2)19)17(18)24/h5,11,22-23H,1-4H3/t11-,18-/m1/s1. The highest BCUT2D eigenvalue weighted by molar-refractivity contribution is 6.27. The zero-order valence-electron chi connectivity index (χ0n) is 14.1. The van der Waals surface area contributed by atoms with Gasteiger partial charge >= 0.3 is 0 Å². The third-order valence-electron chi connectivity index (χ3n) is 4.91. The number of ether oxygens (including phenoxy) is 1. The molecule has 130 valence electrons. The molecule has 0 bridgehead atoms. The van der Waals surface area contributed by atoms with E-state index in [4.69, 9.17) is 4.74 Å². The van der Waals surface area contributed by atoms with Gasteiger partial charge in [0.05, 0.1) is 5.56 Å². The highest BCUT2D eigenvalue weighted by Gasteiger charge is 2.58. The number of allylic oxidation sites excluding steroid dienone is 2. The number of fused-ring (bicyclic) bond motifs is 3. The lowest BCUT2D eigenvalue weighted by atomic mass is 9.67. The number of ketones is 4. The third kappa shape index (κ3) is 1.92. The Balaban J connectivity index is 2.41. The molecule has 25 heavy (non-hydrogen) atoms. The van der Waals surface area contributed by atoms with Gasteiger partial charge in [-0.15, -0.1) is 0 Å². The predicted molar refractivity (Wildman–Crippen MR) is 84.8 cm³/mol. The number of hydrogen-bond donors (Lipinski definition) is 2. The molecule has 2 aliphatic rings. The number of hydrogen-bond acceptors (Lipinski definition) is 7. The lowest BCUT2D eigenvalue weighted by Crippen LogP contribution is -2.47. The molecule has 7 heteroatoms. The number of rotatable bonds is 2. The summed E-state index contributed by atoms with van der Waals surface area (Å²) >= 11 is 0. The second kappa shape index (κ2) is 5.02. The Bertz CT molecular complexity index is 922. The molecule has 0 unspecified atom stereocenters. The van der Waals surface area contributed by atoms with E-state index in [0.717, 1.165) is 13.0 Å². The number of phenols is 2. The largest absolute Gasteiger partial charge is 0.507 e. The summed E-state index contributed by atoms with van der Waals surface area (Å²) in [5.41, 5.74) is -1.77. The highest BCUT2D eigenvalue weighted by Crippen LogP contribution is 2.57. The zero-order chi connectivity index (χ0) is 18.8. The molecule has 2 N–H and O–H groups in total. The van der Waals surface area contributed by atoms with Crippen LogP contribution in [0.4, 0.5) is 0 Å². The second-order valence-electron chi connectivity index (χ2n) is 6.50. The smallest absolute Gasteiger partial charge is 0.177 e. The fourth-order valence-electron chi connectivity index (χ4n) is 3.49. The van der Waals surface area contributed by atoms with Crippen molar-refractivity contribution in [3.05, 3.63) is 28.5 Å². The maximum atomic E-state index is 13.0. The van der Waals surface area contributed by atoms with Crippen molar-refractivity contribution < 1.29 is 34.1 Å². The van der Waals surface area contributed by atoms with Crippen LogP contribution in [0.2, 0.25) is 0 Å². The van der Waals surface area contributed by atoms with Crippen molar-refractivity contribution >= 4 is 23.1 Å². The van der Waals surface area contributed by atoms with Gasteiger partial charge in [-0.25, -0.2) is 0 Å². The summed E-state index contributed by atoms with van der Waals surface area (Å²) in [6.45, 7) is 5.17. The van der Waals surface area contributed by atoms with Crippen molar-refractivity contribution in [3.63, 3.8) is 0 Å². The molecule has 1 aliphatic heterocycles. The van der Waals surface area contributed by atoms with Gasteiger partial charge in [-0.2, -0.15) is 0 Å². The van der Waals surface area contributed by atoms with Crippen LogP contribution in [-0.2, 0) is 19.8 Å². The molecular formula is C18H16O7. The van der Waals surface area contributed by atoms with Crippen LogP contribution in [-0.4, -0.2) is 33.3 Å². The Morgan fingerprint density at radius 1 is 1.16 bits per heavy atom. The van der Waals surface area contributed by atoms with E-state index < -0.39 is 46.0 Å². The molecule has 1 aliphatic carbocycles. The number of aromatic hydroxyl groups is 2. The number of Topliss-reactive ketones (excluding diaryl/α,β-unsaturated/α-hetero) is 3. The van der Waals surface area contributed by atoms with Crippen molar-refractivity contribution in [3.8, 4) is 17.2 Å². The summed E-state index contributed by atoms with van der Waals surface area (Å²) in [4.78, 5) is 48.8. The Kier molecular flexibility index (Phi) is 3.39. The summed E-state index contributed by atoms with van der Waals surface area (Å²) in [5.74, 6) is -5.15. The van der Waals surface area contributed by atoms with E-state index in [-0.39, 0.29) is 28.2 Å². The molecule has 1 heterocycles. The summed E-state index contributed by atoms with van der Waals surface area (Å²) in [7, 11) is 0. The van der Waals surface area contributed by atoms with Gasteiger partial charge in [0.15, 0.2) is 17.3 Å². The van der Waals surface area contributed by atoms with Gasteiger partial charge in [-0.1, -0.05) is 0 Å². The molecule has 0 fully saturated rings. The Labute approximate surface area is 142 Å². The molecule has 0 saturated carbocycles. The van der Waals surface area contributed by atoms with Crippen molar-refractivity contribution in [1.82, 2.24) is 0 Å². The average Bonchev–Trinajstić information content (AvgIpc) is 2.78. The molecule has 2 atom stereocenters. The normalized spacial score (nSPS) is 24.3. The first-order valence-corrected chi connectivity index (χ1v) is 7.62. The van der Waals surface area contributed by atoms with Gasteiger partial charge < -0.3 is 14.9 Å². The summed E-state index contributed by atoms with van der Waals surface area (Å²) in [6.07, 6.45) is 1.04. The molecule has 0 aromatic heterocycles. The molecular weight excluding hydrogens is 328 g/mol. The van der Waals surface area contributed by atoms with Crippen LogP contribution >= 0.6 is 0 Å². The molecule has 1 aromatic rings. The van der Waals surface area contributed by atoms with Crippen molar-refractivity contribution in [2.24, 2.45) is 5.92 Å². The summed E-state index contributed by atoms with van der Waals surface area (Å²) in [6, 6.07) is 0.